The molecule has 16 heavy (non-hydrogen) atoms. The topological polar surface area (TPSA) is 38.0 Å². The molecule has 0 aliphatic rings. The summed E-state index contributed by atoms with van der Waals surface area (Å²) in [5.41, 5.74) is 1.62. The van der Waals surface area contributed by atoms with Crippen LogP contribution in [0.25, 0.3) is 5.69 Å². The smallest absolute Gasteiger partial charge is 0.164 e. The second-order valence-corrected chi connectivity index (χ2v) is 3.66. The van der Waals surface area contributed by atoms with Gasteiger partial charge in [0.2, 0.25) is 0 Å². The fraction of sp³-hybridized carbons (Fsp3) is 0.250. The summed E-state index contributed by atoms with van der Waals surface area (Å²) in [7, 11) is 0. The van der Waals surface area contributed by atoms with Crippen LogP contribution in [0.2, 0.25) is 0 Å². The molecule has 2 aromatic rings. The first-order valence-electron chi connectivity index (χ1n) is 5.15. The molecule has 0 fully saturated rings. The van der Waals surface area contributed by atoms with Crippen molar-refractivity contribution in [3.63, 3.8) is 0 Å². The van der Waals surface area contributed by atoms with Gasteiger partial charge in [-0.1, -0.05) is 6.92 Å². The molecule has 0 atom stereocenters. The summed E-state index contributed by atoms with van der Waals surface area (Å²) in [6.45, 7) is 3.90. The quantitative estimate of drug-likeness (QED) is 0.844. The minimum Gasteiger partial charge on any atom is -0.505 e. The van der Waals surface area contributed by atoms with Gasteiger partial charge in [0.25, 0.3) is 0 Å². The number of phenols is 1. The van der Waals surface area contributed by atoms with Crippen LogP contribution in [0.15, 0.2) is 24.4 Å². The van der Waals surface area contributed by atoms with Crippen molar-refractivity contribution >= 4 is 0 Å². The number of halogens is 1. The van der Waals surface area contributed by atoms with Crippen molar-refractivity contribution in [1.82, 2.24) is 9.55 Å². The Bertz CT molecular complexity index is 520. The Hall–Kier alpha value is -1.84. The lowest BCUT2D eigenvalue weighted by atomic mass is 10.3. The summed E-state index contributed by atoms with van der Waals surface area (Å²) in [4.78, 5) is 4.35. The van der Waals surface area contributed by atoms with Gasteiger partial charge in [0.15, 0.2) is 11.6 Å². The Morgan fingerprint density at radius 2 is 2.19 bits per heavy atom. The van der Waals surface area contributed by atoms with Crippen LogP contribution in [0.5, 0.6) is 5.75 Å². The summed E-state index contributed by atoms with van der Waals surface area (Å²) in [6, 6.07) is 4.27. The number of aryl methyl sites for hydroxylation is 2. The summed E-state index contributed by atoms with van der Waals surface area (Å²) in [6.07, 6.45) is 2.65. The predicted octanol–water partition coefficient (Wildman–Crippen LogP) is 2.59. The first kappa shape index (κ1) is 10.7. The van der Waals surface area contributed by atoms with Crippen LogP contribution in [0.4, 0.5) is 4.39 Å². The minimum atomic E-state index is -0.612. The molecule has 84 valence electrons. The van der Waals surface area contributed by atoms with E-state index in [1.54, 1.807) is 6.07 Å². The van der Waals surface area contributed by atoms with Gasteiger partial charge in [0, 0.05) is 18.7 Å². The molecule has 0 amide bonds. The number of hydrogen-bond acceptors (Lipinski definition) is 2. The molecule has 1 N–H and O–H groups in total. The van der Waals surface area contributed by atoms with Crippen molar-refractivity contribution in [2.24, 2.45) is 0 Å². The van der Waals surface area contributed by atoms with E-state index in [0.717, 1.165) is 23.6 Å². The van der Waals surface area contributed by atoms with E-state index in [1.165, 1.54) is 12.1 Å². The van der Waals surface area contributed by atoms with Gasteiger partial charge in [-0.05, 0) is 19.1 Å². The van der Waals surface area contributed by atoms with Gasteiger partial charge >= 0.3 is 0 Å². The molecule has 1 aromatic carbocycles. The molecular formula is C12H13FN2O. The lowest BCUT2D eigenvalue weighted by molar-refractivity contribution is 0.432. The van der Waals surface area contributed by atoms with E-state index in [-0.39, 0.29) is 5.75 Å². The number of imidazole rings is 1. The van der Waals surface area contributed by atoms with Crippen LogP contribution in [-0.2, 0) is 6.42 Å². The van der Waals surface area contributed by atoms with E-state index in [4.69, 9.17) is 0 Å². The SMILES string of the molecule is CCc1nc(C)cn1-c1ccc(F)c(O)c1. The first-order valence-corrected chi connectivity index (χ1v) is 5.15. The van der Waals surface area contributed by atoms with Gasteiger partial charge < -0.3 is 9.67 Å². The maximum Gasteiger partial charge on any atom is 0.164 e. The highest BCUT2D eigenvalue weighted by atomic mass is 19.1. The zero-order chi connectivity index (χ0) is 11.7. The molecule has 4 heteroatoms. The van der Waals surface area contributed by atoms with Crippen molar-refractivity contribution in [1.29, 1.82) is 0 Å². The molecule has 3 nitrogen and oxygen atoms in total. The monoisotopic (exact) mass is 220 g/mol. The summed E-state index contributed by atoms with van der Waals surface area (Å²) >= 11 is 0. The fourth-order valence-corrected chi connectivity index (χ4v) is 1.67. The Morgan fingerprint density at radius 1 is 1.44 bits per heavy atom. The third-order valence-corrected chi connectivity index (χ3v) is 2.42. The van der Waals surface area contributed by atoms with Gasteiger partial charge in [-0.2, -0.15) is 0 Å². The van der Waals surface area contributed by atoms with Gasteiger partial charge in [0.05, 0.1) is 11.4 Å². The van der Waals surface area contributed by atoms with Crippen molar-refractivity contribution in [3.05, 3.63) is 41.7 Å². The molecule has 1 aromatic heterocycles. The number of nitrogens with zero attached hydrogens (tertiary/aromatic N) is 2. The Morgan fingerprint density at radius 3 is 2.81 bits per heavy atom. The molecule has 0 aliphatic heterocycles. The molecular weight excluding hydrogens is 207 g/mol. The normalized spacial score (nSPS) is 10.7. The number of aromatic hydroxyl groups is 1. The predicted molar refractivity (Wildman–Crippen MR) is 59.3 cm³/mol. The molecule has 0 saturated heterocycles. The van der Waals surface area contributed by atoms with E-state index < -0.39 is 5.82 Å². The second kappa shape index (κ2) is 3.96. The largest absolute Gasteiger partial charge is 0.505 e. The van der Waals surface area contributed by atoms with Crippen molar-refractivity contribution in [3.8, 4) is 11.4 Å². The Labute approximate surface area is 93.2 Å². The molecule has 0 spiro atoms. The van der Waals surface area contributed by atoms with Crippen molar-refractivity contribution in [2.45, 2.75) is 20.3 Å². The van der Waals surface area contributed by atoms with Crippen molar-refractivity contribution in [2.75, 3.05) is 0 Å². The summed E-state index contributed by atoms with van der Waals surface area (Å²) in [5.74, 6) is -0.0620. The van der Waals surface area contributed by atoms with Crippen LogP contribution in [-0.4, -0.2) is 14.7 Å². The number of benzene rings is 1. The van der Waals surface area contributed by atoms with Crippen LogP contribution in [0.3, 0.4) is 0 Å². The van der Waals surface area contributed by atoms with Gasteiger partial charge in [-0.3, -0.25) is 0 Å². The number of phenolic OH excluding ortho intramolecular Hbond substituents is 1. The fourth-order valence-electron chi connectivity index (χ4n) is 1.67. The maximum absolute atomic E-state index is 12.9. The molecule has 0 aliphatic carbocycles. The van der Waals surface area contributed by atoms with E-state index >= 15 is 0 Å². The maximum atomic E-state index is 12.9. The zero-order valence-electron chi connectivity index (χ0n) is 9.24. The molecule has 0 saturated carbocycles. The van der Waals surface area contributed by atoms with E-state index in [0.29, 0.717) is 0 Å². The van der Waals surface area contributed by atoms with E-state index in [9.17, 15) is 9.50 Å². The molecule has 0 radical (unpaired) electrons. The second-order valence-electron chi connectivity index (χ2n) is 3.66. The highest BCUT2D eigenvalue weighted by Crippen LogP contribution is 2.21. The third-order valence-electron chi connectivity index (χ3n) is 2.42. The number of rotatable bonds is 2. The standard InChI is InChI=1S/C12H13FN2O/c1-3-12-14-8(2)7-15(12)9-4-5-10(13)11(16)6-9/h4-7,16H,3H2,1-2H3. The highest BCUT2D eigenvalue weighted by Gasteiger charge is 2.08. The summed E-state index contributed by atoms with van der Waals surface area (Å²) < 4.78 is 14.8. The molecule has 1 heterocycles. The number of hydrogen-bond donors (Lipinski definition) is 1. The Kier molecular flexibility index (Phi) is 2.64. The average Bonchev–Trinajstić information content (AvgIpc) is 2.63. The van der Waals surface area contributed by atoms with Crippen LogP contribution >= 0.6 is 0 Å². The average molecular weight is 220 g/mol. The number of aromatic nitrogens is 2. The van der Waals surface area contributed by atoms with Gasteiger partial charge in [-0.15, -0.1) is 0 Å². The van der Waals surface area contributed by atoms with E-state index in [2.05, 4.69) is 4.98 Å². The highest BCUT2D eigenvalue weighted by molar-refractivity contribution is 5.40. The van der Waals surface area contributed by atoms with Crippen molar-refractivity contribution < 1.29 is 9.50 Å². The summed E-state index contributed by atoms with van der Waals surface area (Å²) in [5, 5.41) is 9.32. The lowest BCUT2D eigenvalue weighted by Crippen LogP contribution is -1.98. The lowest BCUT2D eigenvalue weighted by Gasteiger charge is -2.06. The molecule has 0 bridgehead atoms. The molecule has 0 unspecified atom stereocenters. The van der Waals surface area contributed by atoms with Gasteiger partial charge in [0.1, 0.15) is 5.82 Å². The zero-order valence-corrected chi connectivity index (χ0v) is 9.24. The first-order chi connectivity index (χ1) is 7.61. The van der Waals surface area contributed by atoms with Crippen LogP contribution in [0, 0.1) is 12.7 Å². The Balaban J connectivity index is 2.53. The third kappa shape index (κ3) is 1.78. The minimum absolute atomic E-state index is 0.342. The van der Waals surface area contributed by atoms with Crippen LogP contribution < -0.4 is 0 Å². The molecule has 2 rings (SSSR count). The van der Waals surface area contributed by atoms with Crippen LogP contribution in [0.1, 0.15) is 18.4 Å². The van der Waals surface area contributed by atoms with Gasteiger partial charge in [-0.25, -0.2) is 9.37 Å². The van der Waals surface area contributed by atoms with E-state index in [1.807, 2.05) is 24.6 Å².